The summed E-state index contributed by atoms with van der Waals surface area (Å²) in [6.45, 7) is 5.40. The normalized spacial score (nSPS) is 14.9. The fourth-order valence-electron chi connectivity index (χ4n) is 2.22. The van der Waals surface area contributed by atoms with Gasteiger partial charge in [0, 0.05) is 0 Å². The number of aliphatic carboxylic acids is 1. The Balaban J connectivity index is 2.43. The summed E-state index contributed by atoms with van der Waals surface area (Å²) >= 11 is 0. The predicted molar refractivity (Wildman–Crippen MR) is 85.5 cm³/mol. The van der Waals surface area contributed by atoms with Crippen LogP contribution in [0.4, 0.5) is 0 Å². The highest BCUT2D eigenvalue weighted by Gasteiger charge is 2.22. The molecular formula is C18H26O4. The van der Waals surface area contributed by atoms with Gasteiger partial charge in [-0.05, 0) is 31.2 Å². The fourth-order valence-corrected chi connectivity index (χ4v) is 2.22. The number of benzene rings is 1. The topological polar surface area (TPSA) is 63.6 Å². The predicted octanol–water partition coefficient (Wildman–Crippen LogP) is 3.69. The molecule has 0 saturated carbocycles. The van der Waals surface area contributed by atoms with E-state index in [1.165, 1.54) is 5.56 Å². The van der Waals surface area contributed by atoms with E-state index in [0.29, 0.717) is 12.8 Å². The first-order valence-electron chi connectivity index (χ1n) is 7.91. The van der Waals surface area contributed by atoms with Crippen molar-refractivity contribution in [3.8, 4) is 0 Å². The molecule has 0 aliphatic heterocycles. The van der Waals surface area contributed by atoms with Crippen LogP contribution in [0.2, 0.25) is 0 Å². The summed E-state index contributed by atoms with van der Waals surface area (Å²) in [6.07, 6.45) is 2.24. The first-order chi connectivity index (χ1) is 10.4. The molecule has 0 spiro atoms. The van der Waals surface area contributed by atoms with Crippen LogP contribution in [-0.4, -0.2) is 23.1 Å². The second-order valence-electron chi connectivity index (χ2n) is 5.87. The monoisotopic (exact) mass is 306 g/mol. The number of hydrogen-bond donors (Lipinski definition) is 1. The molecule has 1 N–H and O–H groups in total. The average Bonchev–Trinajstić information content (AvgIpc) is 2.52. The number of esters is 1. The van der Waals surface area contributed by atoms with Gasteiger partial charge in [0.15, 0.2) is 0 Å². The Morgan fingerprint density at radius 3 is 2.32 bits per heavy atom. The SMILES string of the molecule is CC[C@@H](C[C@H](C)C(=O)O)OC(=O)C(C)CCc1ccccc1. The molecule has 0 radical (unpaired) electrons. The van der Waals surface area contributed by atoms with Gasteiger partial charge in [0.2, 0.25) is 0 Å². The van der Waals surface area contributed by atoms with E-state index in [4.69, 9.17) is 9.84 Å². The molecule has 1 rings (SSSR count). The molecule has 0 aliphatic rings. The van der Waals surface area contributed by atoms with Crippen LogP contribution in [0, 0.1) is 11.8 Å². The lowest BCUT2D eigenvalue weighted by Crippen LogP contribution is -2.26. The van der Waals surface area contributed by atoms with E-state index in [-0.39, 0.29) is 18.0 Å². The second kappa shape index (κ2) is 9.23. The van der Waals surface area contributed by atoms with Crippen molar-refractivity contribution in [1.82, 2.24) is 0 Å². The van der Waals surface area contributed by atoms with Crippen molar-refractivity contribution < 1.29 is 19.4 Å². The van der Waals surface area contributed by atoms with Crippen molar-refractivity contribution in [2.45, 2.75) is 52.6 Å². The molecular weight excluding hydrogens is 280 g/mol. The first-order valence-corrected chi connectivity index (χ1v) is 7.91. The number of carbonyl (C=O) groups is 2. The van der Waals surface area contributed by atoms with E-state index in [1.807, 2.05) is 44.2 Å². The van der Waals surface area contributed by atoms with E-state index < -0.39 is 11.9 Å². The summed E-state index contributed by atoms with van der Waals surface area (Å²) in [5.41, 5.74) is 1.20. The van der Waals surface area contributed by atoms with Gasteiger partial charge < -0.3 is 9.84 Å². The Kier molecular flexibility index (Phi) is 7.64. The molecule has 0 saturated heterocycles. The smallest absolute Gasteiger partial charge is 0.308 e. The standard InChI is InChI=1S/C18H26O4/c1-4-16(12-14(3)17(19)20)22-18(21)13(2)10-11-15-8-6-5-7-9-15/h5-9,13-14,16H,4,10-12H2,1-3H3,(H,19,20)/t13?,14-,16-/m0/s1. The third kappa shape index (κ3) is 6.29. The Bertz CT molecular complexity index is 469. The minimum atomic E-state index is -0.855. The van der Waals surface area contributed by atoms with Gasteiger partial charge in [-0.1, -0.05) is 51.1 Å². The summed E-state index contributed by atoms with van der Waals surface area (Å²) < 4.78 is 5.47. The lowest BCUT2D eigenvalue weighted by atomic mass is 10.00. The van der Waals surface area contributed by atoms with Crippen LogP contribution in [0.15, 0.2) is 30.3 Å². The van der Waals surface area contributed by atoms with Crippen molar-refractivity contribution in [1.29, 1.82) is 0 Å². The molecule has 0 amide bonds. The minimum Gasteiger partial charge on any atom is -0.481 e. The molecule has 0 fully saturated rings. The first kappa shape index (κ1) is 18.2. The maximum absolute atomic E-state index is 12.1. The van der Waals surface area contributed by atoms with Crippen molar-refractivity contribution in [3.05, 3.63) is 35.9 Å². The van der Waals surface area contributed by atoms with Gasteiger partial charge in [0.05, 0.1) is 11.8 Å². The van der Waals surface area contributed by atoms with Crippen LogP contribution in [-0.2, 0) is 20.7 Å². The van der Waals surface area contributed by atoms with E-state index in [2.05, 4.69) is 0 Å². The van der Waals surface area contributed by atoms with Crippen molar-refractivity contribution in [3.63, 3.8) is 0 Å². The summed E-state index contributed by atoms with van der Waals surface area (Å²) in [4.78, 5) is 23.0. The number of aryl methyl sites for hydroxylation is 1. The number of ether oxygens (including phenoxy) is 1. The van der Waals surface area contributed by atoms with Crippen LogP contribution in [0.3, 0.4) is 0 Å². The van der Waals surface area contributed by atoms with E-state index in [1.54, 1.807) is 6.92 Å². The summed E-state index contributed by atoms with van der Waals surface area (Å²) in [6, 6.07) is 10.0. The molecule has 0 heterocycles. The second-order valence-corrected chi connectivity index (χ2v) is 5.87. The summed E-state index contributed by atoms with van der Waals surface area (Å²) in [7, 11) is 0. The van der Waals surface area contributed by atoms with E-state index in [9.17, 15) is 9.59 Å². The Morgan fingerprint density at radius 2 is 1.77 bits per heavy atom. The maximum Gasteiger partial charge on any atom is 0.308 e. The van der Waals surface area contributed by atoms with Crippen molar-refractivity contribution >= 4 is 11.9 Å². The van der Waals surface area contributed by atoms with Crippen LogP contribution in [0.25, 0.3) is 0 Å². The van der Waals surface area contributed by atoms with Crippen LogP contribution in [0.5, 0.6) is 0 Å². The largest absolute Gasteiger partial charge is 0.481 e. The van der Waals surface area contributed by atoms with E-state index >= 15 is 0 Å². The zero-order valence-electron chi connectivity index (χ0n) is 13.6. The zero-order valence-corrected chi connectivity index (χ0v) is 13.6. The molecule has 0 aromatic heterocycles. The van der Waals surface area contributed by atoms with Gasteiger partial charge in [-0.15, -0.1) is 0 Å². The van der Waals surface area contributed by atoms with Gasteiger partial charge in [0.25, 0.3) is 0 Å². The van der Waals surface area contributed by atoms with Gasteiger partial charge in [-0.2, -0.15) is 0 Å². The van der Waals surface area contributed by atoms with Crippen molar-refractivity contribution in [2.24, 2.45) is 11.8 Å². The Morgan fingerprint density at radius 1 is 1.14 bits per heavy atom. The van der Waals surface area contributed by atoms with Crippen LogP contribution < -0.4 is 0 Å². The van der Waals surface area contributed by atoms with Gasteiger partial charge in [-0.3, -0.25) is 9.59 Å². The molecule has 3 atom stereocenters. The molecule has 0 bridgehead atoms. The highest BCUT2D eigenvalue weighted by atomic mass is 16.5. The fraction of sp³-hybridized carbons (Fsp3) is 0.556. The lowest BCUT2D eigenvalue weighted by molar-refractivity contribution is -0.157. The summed E-state index contributed by atoms with van der Waals surface area (Å²) in [5.74, 6) is -1.78. The van der Waals surface area contributed by atoms with Gasteiger partial charge in [0.1, 0.15) is 6.10 Å². The number of hydrogen-bond acceptors (Lipinski definition) is 3. The molecule has 4 heteroatoms. The highest BCUT2D eigenvalue weighted by Crippen LogP contribution is 2.17. The van der Waals surface area contributed by atoms with Crippen molar-refractivity contribution in [2.75, 3.05) is 0 Å². The number of carboxylic acid groups (broad SMARTS) is 1. The molecule has 1 aromatic rings. The average molecular weight is 306 g/mol. The Labute approximate surface area is 132 Å². The van der Waals surface area contributed by atoms with Gasteiger partial charge in [-0.25, -0.2) is 0 Å². The highest BCUT2D eigenvalue weighted by molar-refractivity contribution is 5.72. The quantitative estimate of drug-likeness (QED) is 0.707. The molecule has 122 valence electrons. The van der Waals surface area contributed by atoms with E-state index in [0.717, 1.165) is 12.8 Å². The lowest BCUT2D eigenvalue weighted by Gasteiger charge is -2.20. The third-order valence-electron chi connectivity index (χ3n) is 3.89. The third-order valence-corrected chi connectivity index (χ3v) is 3.89. The number of rotatable bonds is 9. The molecule has 1 unspecified atom stereocenters. The van der Waals surface area contributed by atoms with Gasteiger partial charge >= 0.3 is 11.9 Å². The molecule has 0 aliphatic carbocycles. The number of carboxylic acids is 1. The summed E-state index contributed by atoms with van der Waals surface area (Å²) in [5, 5.41) is 8.94. The molecule has 4 nitrogen and oxygen atoms in total. The number of carbonyl (C=O) groups excluding carboxylic acids is 1. The van der Waals surface area contributed by atoms with Crippen LogP contribution in [0.1, 0.15) is 45.6 Å². The maximum atomic E-state index is 12.1. The molecule has 1 aromatic carbocycles. The molecule has 22 heavy (non-hydrogen) atoms. The minimum absolute atomic E-state index is 0.186. The van der Waals surface area contributed by atoms with Crippen LogP contribution >= 0.6 is 0 Å². The zero-order chi connectivity index (χ0) is 16.5. The Hall–Kier alpha value is -1.84.